The first-order valence-corrected chi connectivity index (χ1v) is 6.02. The van der Waals surface area contributed by atoms with Crippen molar-refractivity contribution in [2.45, 2.75) is 18.7 Å². The first-order valence-electron chi connectivity index (χ1n) is 6.02. The Hall–Kier alpha value is -2.26. The molecule has 6 heteroatoms. The minimum absolute atomic E-state index is 0.293. The van der Waals surface area contributed by atoms with Gasteiger partial charge in [0.15, 0.2) is 0 Å². The monoisotopic (exact) mass is 298 g/mol. The number of halogens is 3. The van der Waals surface area contributed by atoms with Crippen LogP contribution in [0.5, 0.6) is 0 Å². The summed E-state index contributed by atoms with van der Waals surface area (Å²) in [5.74, 6) is 1.69. The van der Waals surface area contributed by atoms with Gasteiger partial charge >= 0.3 is 17.7 Å². The van der Waals surface area contributed by atoms with E-state index in [0.717, 1.165) is 11.6 Å². The largest absolute Gasteiger partial charge is 0.463 e. The van der Waals surface area contributed by atoms with Crippen LogP contribution in [0.15, 0.2) is 36.4 Å². The number of rotatable bonds is 3. The SMILES string of the molecule is CCOC(=O)[C@](O)(C#C/C=C\c1ccccc1)C(F)(F)F. The fourth-order valence-electron chi connectivity index (χ4n) is 1.32. The molecule has 0 saturated heterocycles. The Bertz CT molecular complexity index is 567. The zero-order valence-corrected chi connectivity index (χ0v) is 11.1. The van der Waals surface area contributed by atoms with Gasteiger partial charge in [0.25, 0.3) is 0 Å². The summed E-state index contributed by atoms with van der Waals surface area (Å²) in [6.45, 7) is 1.04. The zero-order valence-electron chi connectivity index (χ0n) is 11.1. The maximum Gasteiger partial charge on any atom is 0.440 e. The molecule has 0 aliphatic rings. The highest BCUT2D eigenvalue weighted by Crippen LogP contribution is 2.31. The molecule has 0 bridgehead atoms. The minimum atomic E-state index is -5.24. The maximum absolute atomic E-state index is 12.8. The standard InChI is InChI=1S/C15H13F3O3/c1-2-21-13(19)14(20,15(16,17)18)11-7-6-10-12-8-4-3-5-9-12/h3-6,8-10,20H,2H2,1H3/b10-6-/t14-/m1/s1. The van der Waals surface area contributed by atoms with Gasteiger partial charge in [-0.15, -0.1) is 0 Å². The van der Waals surface area contributed by atoms with E-state index in [1.807, 2.05) is 5.92 Å². The van der Waals surface area contributed by atoms with Crippen molar-refractivity contribution in [1.82, 2.24) is 0 Å². The molecule has 0 aliphatic carbocycles. The Morgan fingerprint density at radius 2 is 1.95 bits per heavy atom. The predicted octanol–water partition coefficient (Wildman–Crippen LogP) is 2.56. The molecule has 0 aromatic heterocycles. The average Bonchev–Trinajstić information content (AvgIpc) is 2.43. The van der Waals surface area contributed by atoms with Crippen LogP contribution in [-0.2, 0) is 9.53 Å². The number of hydrogen-bond donors (Lipinski definition) is 1. The summed E-state index contributed by atoms with van der Waals surface area (Å²) in [7, 11) is 0. The Kier molecular flexibility index (Phi) is 5.56. The van der Waals surface area contributed by atoms with Gasteiger partial charge in [0.05, 0.1) is 6.61 Å². The van der Waals surface area contributed by atoms with Gasteiger partial charge in [-0.3, -0.25) is 0 Å². The van der Waals surface area contributed by atoms with Crippen LogP contribution in [0.1, 0.15) is 12.5 Å². The maximum atomic E-state index is 12.8. The van der Waals surface area contributed by atoms with Gasteiger partial charge in [-0.25, -0.2) is 4.79 Å². The summed E-state index contributed by atoms with van der Waals surface area (Å²) < 4.78 is 42.5. The lowest BCUT2D eigenvalue weighted by atomic mass is 10.0. The van der Waals surface area contributed by atoms with Crippen LogP contribution < -0.4 is 0 Å². The number of benzene rings is 1. The number of esters is 1. The summed E-state index contributed by atoms with van der Waals surface area (Å²) in [4.78, 5) is 11.3. The Morgan fingerprint density at radius 1 is 1.33 bits per heavy atom. The van der Waals surface area contributed by atoms with Gasteiger partial charge in [0, 0.05) is 0 Å². The van der Waals surface area contributed by atoms with Gasteiger partial charge in [0.2, 0.25) is 0 Å². The number of allylic oxidation sites excluding steroid dienone is 1. The second-order valence-corrected chi connectivity index (χ2v) is 3.94. The van der Waals surface area contributed by atoms with Crippen molar-refractivity contribution in [3.63, 3.8) is 0 Å². The summed E-state index contributed by atoms with van der Waals surface area (Å²) >= 11 is 0. The summed E-state index contributed by atoms with van der Waals surface area (Å²) in [6.07, 6.45) is -2.67. The van der Waals surface area contributed by atoms with E-state index in [1.165, 1.54) is 18.9 Å². The minimum Gasteiger partial charge on any atom is -0.463 e. The molecular weight excluding hydrogens is 285 g/mol. The number of alkyl halides is 3. The Labute approximate surface area is 120 Å². The molecule has 1 N–H and O–H groups in total. The Balaban J connectivity index is 2.96. The lowest BCUT2D eigenvalue weighted by Gasteiger charge is -2.22. The highest BCUT2D eigenvalue weighted by molar-refractivity contribution is 5.84. The Morgan fingerprint density at radius 3 is 2.48 bits per heavy atom. The normalized spacial score (nSPS) is 14.1. The highest BCUT2D eigenvalue weighted by atomic mass is 19.4. The molecule has 1 aromatic carbocycles. The van der Waals surface area contributed by atoms with Crippen molar-refractivity contribution in [1.29, 1.82) is 0 Å². The van der Waals surface area contributed by atoms with Gasteiger partial charge in [-0.05, 0) is 30.6 Å². The first kappa shape index (κ1) is 16.8. The van der Waals surface area contributed by atoms with Crippen LogP contribution in [0.2, 0.25) is 0 Å². The molecule has 0 radical (unpaired) electrons. The molecule has 0 amide bonds. The van der Waals surface area contributed by atoms with E-state index in [-0.39, 0.29) is 6.61 Å². The average molecular weight is 298 g/mol. The van der Waals surface area contributed by atoms with E-state index in [0.29, 0.717) is 0 Å². The number of aliphatic hydroxyl groups is 1. The molecule has 112 valence electrons. The van der Waals surface area contributed by atoms with Crippen molar-refractivity contribution in [3.05, 3.63) is 42.0 Å². The van der Waals surface area contributed by atoms with Gasteiger partial charge in [0.1, 0.15) is 0 Å². The molecule has 1 aromatic rings. The molecule has 0 unspecified atom stereocenters. The summed E-state index contributed by atoms with van der Waals surface area (Å²) in [5.41, 5.74) is -3.11. The van der Waals surface area contributed by atoms with E-state index in [9.17, 15) is 23.1 Å². The molecule has 0 aliphatic heterocycles. The molecule has 0 saturated carbocycles. The second kappa shape index (κ2) is 6.95. The predicted molar refractivity (Wildman–Crippen MR) is 70.9 cm³/mol. The van der Waals surface area contributed by atoms with Crippen LogP contribution in [-0.4, -0.2) is 29.5 Å². The van der Waals surface area contributed by atoms with Crippen LogP contribution in [0.4, 0.5) is 13.2 Å². The van der Waals surface area contributed by atoms with E-state index in [2.05, 4.69) is 4.74 Å². The van der Waals surface area contributed by atoms with E-state index < -0.39 is 17.7 Å². The molecule has 3 nitrogen and oxygen atoms in total. The van der Waals surface area contributed by atoms with Crippen molar-refractivity contribution in [2.24, 2.45) is 0 Å². The molecule has 0 fully saturated rings. The third-order valence-corrected chi connectivity index (χ3v) is 2.39. The van der Waals surface area contributed by atoms with Crippen molar-refractivity contribution < 1.29 is 27.8 Å². The topological polar surface area (TPSA) is 46.5 Å². The quantitative estimate of drug-likeness (QED) is 0.689. The lowest BCUT2D eigenvalue weighted by molar-refractivity contribution is -0.242. The molecule has 1 atom stereocenters. The lowest BCUT2D eigenvalue weighted by Crippen LogP contribution is -2.51. The van der Waals surface area contributed by atoms with Crippen LogP contribution >= 0.6 is 0 Å². The smallest absolute Gasteiger partial charge is 0.440 e. The number of ether oxygens (including phenoxy) is 1. The van der Waals surface area contributed by atoms with Gasteiger partial charge < -0.3 is 9.84 Å². The molecule has 0 heterocycles. The van der Waals surface area contributed by atoms with Crippen LogP contribution in [0.25, 0.3) is 6.08 Å². The van der Waals surface area contributed by atoms with E-state index in [4.69, 9.17) is 0 Å². The molecular formula is C15H13F3O3. The van der Waals surface area contributed by atoms with Gasteiger partial charge in [-0.2, -0.15) is 13.2 Å². The van der Waals surface area contributed by atoms with Crippen molar-refractivity contribution >= 4 is 12.0 Å². The van der Waals surface area contributed by atoms with Crippen LogP contribution in [0, 0.1) is 11.8 Å². The third kappa shape index (κ3) is 4.36. The van der Waals surface area contributed by atoms with Crippen molar-refractivity contribution in [2.75, 3.05) is 6.61 Å². The number of carbonyl (C=O) groups excluding carboxylic acids is 1. The zero-order chi connectivity index (χ0) is 15.9. The van der Waals surface area contributed by atoms with Crippen molar-refractivity contribution in [3.8, 4) is 11.8 Å². The van der Waals surface area contributed by atoms with E-state index >= 15 is 0 Å². The second-order valence-electron chi connectivity index (χ2n) is 3.94. The highest BCUT2D eigenvalue weighted by Gasteiger charge is 2.60. The summed E-state index contributed by atoms with van der Waals surface area (Å²) in [6, 6.07) is 8.72. The molecule has 1 rings (SSSR count). The third-order valence-electron chi connectivity index (χ3n) is 2.39. The van der Waals surface area contributed by atoms with Crippen LogP contribution in [0.3, 0.4) is 0 Å². The summed E-state index contributed by atoms with van der Waals surface area (Å²) in [5, 5.41) is 9.44. The first-order chi connectivity index (χ1) is 9.81. The fraction of sp³-hybridized carbons (Fsp3) is 0.267. The number of carbonyl (C=O) groups is 1. The van der Waals surface area contributed by atoms with E-state index in [1.54, 1.807) is 30.3 Å². The molecule has 0 spiro atoms. The number of hydrogen-bond acceptors (Lipinski definition) is 3. The van der Waals surface area contributed by atoms with Gasteiger partial charge in [-0.1, -0.05) is 36.3 Å². The molecule has 21 heavy (non-hydrogen) atoms. The fourth-order valence-corrected chi connectivity index (χ4v) is 1.32.